The molecule has 6 heteroatoms. The van der Waals surface area contributed by atoms with E-state index in [-0.39, 0.29) is 0 Å². The normalized spacial score (nSPS) is 10.6. The number of rotatable bonds is 7. The SMILES string of the molecule is CCNc1cc(NCCc2nccn2C)nc(CC)n1. The molecule has 20 heavy (non-hydrogen) atoms. The van der Waals surface area contributed by atoms with Crippen LogP contribution >= 0.6 is 0 Å². The summed E-state index contributed by atoms with van der Waals surface area (Å²) in [6.45, 7) is 5.77. The van der Waals surface area contributed by atoms with Gasteiger partial charge in [0.25, 0.3) is 0 Å². The van der Waals surface area contributed by atoms with Gasteiger partial charge in [0.15, 0.2) is 0 Å². The van der Waals surface area contributed by atoms with Crippen molar-refractivity contribution in [2.24, 2.45) is 7.05 Å². The molecule has 0 aromatic carbocycles. The Hall–Kier alpha value is -2.11. The van der Waals surface area contributed by atoms with Gasteiger partial charge >= 0.3 is 0 Å². The van der Waals surface area contributed by atoms with Crippen LogP contribution in [0.15, 0.2) is 18.5 Å². The molecule has 6 nitrogen and oxygen atoms in total. The van der Waals surface area contributed by atoms with Gasteiger partial charge in [-0.05, 0) is 6.92 Å². The first kappa shape index (κ1) is 14.3. The largest absolute Gasteiger partial charge is 0.370 e. The van der Waals surface area contributed by atoms with Crippen LogP contribution in [-0.4, -0.2) is 32.6 Å². The second-order valence-corrected chi connectivity index (χ2v) is 4.57. The van der Waals surface area contributed by atoms with E-state index in [4.69, 9.17) is 0 Å². The van der Waals surface area contributed by atoms with Crippen LogP contribution in [0.3, 0.4) is 0 Å². The van der Waals surface area contributed by atoms with Crippen LogP contribution in [0.2, 0.25) is 0 Å². The Bertz CT molecular complexity index is 548. The minimum atomic E-state index is 0.802. The highest BCUT2D eigenvalue weighted by Crippen LogP contribution is 2.11. The van der Waals surface area contributed by atoms with E-state index in [1.807, 2.05) is 30.1 Å². The molecular formula is C14H22N6. The molecule has 0 saturated heterocycles. The molecule has 108 valence electrons. The summed E-state index contributed by atoms with van der Waals surface area (Å²) in [5.41, 5.74) is 0. The van der Waals surface area contributed by atoms with Crippen molar-refractivity contribution in [2.45, 2.75) is 26.7 Å². The molecule has 0 unspecified atom stereocenters. The number of nitrogens with one attached hydrogen (secondary N) is 2. The maximum absolute atomic E-state index is 4.49. The minimum absolute atomic E-state index is 0.802. The molecule has 0 saturated carbocycles. The third-order valence-electron chi connectivity index (χ3n) is 3.02. The second-order valence-electron chi connectivity index (χ2n) is 4.57. The standard InChI is InChI=1S/C14H22N6/c1-4-11-18-12(15-5-2)10-13(19-11)16-7-6-14-17-8-9-20(14)3/h8-10H,4-7H2,1-3H3,(H2,15,16,18,19). The summed E-state index contributed by atoms with van der Waals surface area (Å²) in [6.07, 6.45) is 5.47. The fourth-order valence-electron chi connectivity index (χ4n) is 1.96. The molecule has 2 N–H and O–H groups in total. The monoisotopic (exact) mass is 274 g/mol. The third-order valence-corrected chi connectivity index (χ3v) is 3.02. The average molecular weight is 274 g/mol. The Morgan fingerprint density at radius 2 is 1.90 bits per heavy atom. The lowest BCUT2D eigenvalue weighted by atomic mass is 10.3. The number of aryl methyl sites for hydroxylation is 2. The average Bonchev–Trinajstić information content (AvgIpc) is 2.84. The Kier molecular flexibility index (Phi) is 4.92. The highest BCUT2D eigenvalue weighted by Gasteiger charge is 2.04. The van der Waals surface area contributed by atoms with Gasteiger partial charge in [-0.25, -0.2) is 15.0 Å². The maximum Gasteiger partial charge on any atom is 0.132 e. The van der Waals surface area contributed by atoms with E-state index in [1.54, 1.807) is 0 Å². The highest BCUT2D eigenvalue weighted by molar-refractivity contribution is 5.47. The van der Waals surface area contributed by atoms with Gasteiger partial charge in [0, 0.05) is 51.4 Å². The van der Waals surface area contributed by atoms with Crippen molar-refractivity contribution >= 4 is 11.6 Å². The lowest BCUT2D eigenvalue weighted by Crippen LogP contribution is -2.11. The topological polar surface area (TPSA) is 67.7 Å². The van der Waals surface area contributed by atoms with Gasteiger partial charge in [0.1, 0.15) is 23.3 Å². The number of anilines is 2. The molecule has 0 amide bonds. The van der Waals surface area contributed by atoms with E-state index in [9.17, 15) is 0 Å². The Labute approximate surface area is 119 Å². The van der Waals surface area contributed by atoms with Crippen molar-refractivity contribution in [3.8, 4) is 0 Å². The fourth-order valence-corrected chi connectivity index (χ4v) is 1.96. The maximum atomic E-state index is 4.49. The first-order valence-corrected chi connectivity index (χ1v) is 7.04. The summed E-state index contributed by atoms with van der Waals surface area (Å²) in [5.74, 6) is 3.65. The Morgan fingerprint density at radius 3 is 2.50 bits per heavy atom. The zero-order chi connectivity index (χ0) is 14.4. The molecule has 0 radical (unpaired) electrons. The second kappa shape index (κ2) is 6.88. The Morgan fingerprint density at radius 1 is 1.15 bits per heavy atom. The number of hydrogen-bond acceptors (Lipinski definition) is 5. The van der Waals surface area contributed by atoms with Gasteiger partial charge in [-0.15, -0.1) is 0 Å². The van der Waals surface area contributed by atoms with Crippen LogP contribution in [0.4, 0.5) is 11.6 Å². The summed E-state index contributed by atoms with van der Waals surface area (Å²) >= 11 is 0. The fraction of sp³-hybridized carbons (Fsp3) is 0.500. The quantitative estimate of drug-likeness (QED) is 0.806. The number of aromatic nitrogens is 4. The number of nitrogens with zero attached hydrogens (tertiary/aromatic N) is 4. The van der Waals surface area contributed by atoms with Crippen molar-refractivity contribution in [1.29, 1.82) is 0 Å². The highest BCUT2D eigenvalue weighted by atomic mass is 15.1. The number of imidazole rings is 1. The summed E-state index contributed by atoms with van der Waals surface area (Å²) in [4.78, 5) is 13.2. The summed E-state index contributed by atoms with van der Waals surface area (Å²) < 4.78 is 2.03. The van der Waals surface area contributed by atoms with E-state index in [2.05, 4.69) is 39.4 Å². The van der Waals surface area contributed by atoms with Crippen LogP contribution in [0, 0.1) is 0 Å². The molecule has 0 atom stereocenters. The van der Waals surface area contributed by atoms with E-state index >= 15 is 0 Å². The summed E-state index contributed by atoms with van der Waals surface area (Å²) in [5, 5.41) is 6.57. The summed E-state index contributed by atoms with van der Waals surface area (Å²) in [6, 6.07) is 1.95. The van der Waals surface area contributed by atoms with Gasteiger partial charge < -0.3 is 15.2 Å². The third kappa shape index (κ3) is 3.69. The number of hydrogen-bond donors (Lipinski definition) is 2. The van der Waals surface area contributed by atoms with Crippen LogP contribution in [0.5, 0.6) is 0 Å². The molecule has 0 aliphatic carbocycles. The molecule has 2 rings (SSSR count). The molecule has 0 fully saturated rings. The van der Waals surface area contributed by atoms with Gasteiger partial charge in [0.2, 0.25) is 0 Å². The van der Waals surface area contributed by atoms with Gasteiger partial charge in [-0.1, -0.05) is 6.92 Å². The van der Waals surface area contributed by atoms with Crippen molar-refractivity contribution in [1.82, 2.24) is 19.5 Å². The molecule has 0 aliphatic rings. The van der Waals surface area contributed by atoms with Crippen LogP contribution in [0.1, 0.15) is 25.5 Å². The lowest BCUT2D eigenvalue weighted by molar-refractivity contribution is 0.787. The molecule has 2 aromatic heterocycles. The molecule has 0 spiro atoms. The zero-order valence-corrected chi connectivity index (χ0v) is 12.3. The first-order chi connectivity index (χ1) is 9.72. The van der Waals surface area contributed by atoms with Crippen LogP contribution < -0.4 is 10.6 Å². The summed E-state index contributed by atoms with van der Waals surface area (Å²) in [7, 11) is 2.01. The minimum Gasteiger partial charge on any atom is -0.370 e. The van der Waals surface area contributed by atoms with E-state index < -0.39 is 0 Å². The van der Waals surface area contributed by atoms with Gasteiger partial charge in [-0.2, -0.15) is 0 Å². The van der Waals surface area contributed by atoms with Crippen molar-refractivity contribution < 1.29 is 0 Å². The molecule has 2 heterocycles. The molecular weight excluding hydrogens is 252 g/mol. The molecule has 2 aromatic rings. The lowest BCUT2D eigenvalue weighted by Gasteiger charge is -2.10. The van der Waals surface area contributed by atoms with E-state index in [1.165, 1.54) is 0 Å². The molecule has 0 aliphatic heterocycles. The van der Waals surface area contributed by atoms with Crippen molar-refractivity contribution in [3.63, 3.8) is 0 Å². The predicted octanol–water partition coefficient (Wildman–Crippen LogP) is 1.86. The van der Waals surface area contributed by atoms with Crippen molar-refractivity contribution in [2.75, 3.05) is 23.7 Å². The van der Waals surface area contributed by atoms with E-state index in [0.29, 0.717) is 0 Å². The molecule has 0 bridgehead atoms. The van der Waals surface area contributed by atoms with Gasteiger partial charge in [-0.3, -0.25) is 0 Å². The predicted molar refractivity (Wildman–Crippen MR) is 81.0 cm³/mol. The van der Waals surface area contributed by atoms with Crippen LogP contribution in [-0.2, 0) is 19.9 Å². The van der Waals surface area contributed by atoms with Gasteiger partial charge in [0.05, 0.1) is 0 Å². The van der Waals surface area contributed by atoms with Crippen molar-refractivity contribution in [3.05, 3.63) is 30.1 Å². The Balaban J connectivity index is 1.97. The van der Waals surface area contributed by atoms with Crippen LogP contribution in [0.25, 0.3) is 0 Å². The first-order valence-electron chi connectivity index (χ1n) is 7.04. The van der Waals surface area contributed by atoms with E-state index in [0.717, 1.165) is 49.2 Å². The smallest absolute Gasteiger partial charge is 0.132 e. The zero-order valence-electron chi connectivity index (χ0n) is 12.3.